The predicted molar refractivity (Wildman–Crippen MR) is 72.0 cm³/mol. The molecule has 0 aromatic carbocycles. The van der Waals surface area contributed by atoms with E-state index in [-0.39, 0.29) is 12.3 Å². The molecule has 0 aliphatic heterocycles. The second-order valence-corrected chi connectivity index (χ2v) is 4.48. The Balaban J connectivity index is 1.95. The Hall–Kier alpha value is -2.74. The zero-order valence-corrected chi connectivity index (χ0v) is 11.3. The van der Waals surface area contributed by atoms with Crippen molar-refractivity contribution in [2.45, 2.75) is 13.2 Å². The van der Waals surface area contributed by atoms with Crippen LogP contribution >= 0.6 is 0 Å². The number of pyridine rings is 1. The van der Waals surface area contributed by atoms with E-state index in [1.54, 1.807) is 0 Å². The van der Waals surface area contributed by atoms with E-state index in [2.05, 4.69) is 15.3 Å². The van der Waals surface area contributed by atoms with E-state index < -0.39 is 5.97 Å². The van der Waals surface area contributed by atoms with Crippen LogP contribution in [0.3, 0.4) is 0 Å². The van der Waals surface area contributed by atoms with Crippen LogP contribution in [0.5, 0.6) is 0 Å². The van der Waals surface area contributed by atoms with Gasteiger partial charge in [-0.15, -0.1) is 5.10 Å². The molecule has 1 N–H and O–H groups in total. The SMILES string of the molecule is COCc1c(C(=O)O)nnn1Cc1cn2ccccc2n1. The number of ether oxygens (including phenoxy) is 1. The third-order valence-electron chi connectivity index (χ3n) is 3.05. The molecule has 0 radical (unpaired) electrons. The fourth-order valence-electron chi connectivity index (χ4n) is 2.12. The van der Waals surface area contributed by atoms with E-state index in [0.29, 0.717) is 12.2 Å². The molecule has 0 amide bonds. The number of nitrogens with zero attached hydrogens (tertiary/aromatic N) is 5. The molecule has 0 spiro atoms. The average Bonchev–Trinajstić information content (AvgIpc) is 3.03. The number of aromatic nitrogens is 5. The molecule has 21 heavy (non-hydrogen) atoms. The summed E-state index contributed by atoms with van der Waals surface area (Å²) in [5, 5.41) is 16.7. The van der Waals surface area contributed by atoms with Gasteiger partial charge in [0, 0.05) is 19.5 Å². The third kappa shape index (κ3) is 2.48. The summed E-state index contributed by atoms with van der Waals surface area (Å²) in [6.45, 7) is 0.461. The number of carbonyl (C=O) groups is 1. The molecule has 0 aliphatic carbocycles. The van der Waals surface area contributed by atoms with Gasteiger partial charge in [0.25, 0.3) is 0 Å². The van der Waals surface area contributed by atoms with E-state index >= 15 is 0 Å². The molecule has 0 aliphatic rings. The zero-order valence-electron chi connectivity index (χ0n) is 11.3. The monoisotopic (exact) mass is 287 g/mol. The van der Waals surface area contributed by atoms with Gasteiger partial charge in [0.05, 0.1) is 24.5 Å². The van der Waals surface area contributed by atoms with Crippen molar-refractivity contribution >= 4 is 11.6 Å². The second-order valence-electron chi connectivity index (χ2n) is 4.48. The molecular formula is C13H13N5O3. The Bertz CT molecular complexity index is 759. The minimum atomic E-state index is -1.12. The van der Waals surface area contributed by atoms with Crippen molar-refractivity contribution in [2.24, 2.45) is 0 Å². The largest absolute Gasteiger partial charge is 0.476 e. The van der Waals surface area contributed by atoms with Gasteiger partial charge in [-0.05, 0) is 12.1 Å². The van der Waals surface area contributed by atoms with Crippen LogP contribution < -0.4 is 0 Å². The fourth-order valence-corrected chi connectivity index (χ4v) is 2.12. The van der Waals surface area contributed by atoms with Crippen LogP contribution in [0.2, 0.25) is 0 Å². The van der Waals surface area contributed by atoms with Gasteiger partial charge in [-0.1, -0.05) is 11.3 Å². The fraction of sp³-hybridized carbons (Fsp3) is 0.231. The van der Waals surface area contributed by atoms with E-state index in [1.165, 1.54) is 11.8 Å². The maximum atomic E-state index is 11.1. The number of carboxylic acid groups (broad SMARTS) is 1. The third-order valence-corrected chi connectivity index (χ3v) is 3.05. The van der Waals surface area contributed by atoms with Gasteiger partial charge < -0.3 is 14.2 Å². The van der Waals surface area contributed by atoms with Crippen molar-refractivity contribution in [1.29, 1.82) is 0 Å². The van der Waals surface area contributed by atoms with Gasteiger partial charge in [0.1, 0.15) is 5.65 Å². The number of fused-ring (bicyclic) bond motifs is 1. The highest BCUT2D eigenvalue weighted by molar-refractivity contribution is 5.86. The van der Waals surface area contributed by atoms with Gasteiger partial charge in [0.15, 0.2) is 5.69 Å². The van der Waals surface area contributed by atoms with Crippen molar-refractivity contribution in [2.75, 3.05) is 7.11 Å². The zero-order chi connectivity index (χ0) is 14.8. The standard InChI is InChI=1S/C13H13N5O3/c1-21-8-10-12(13(19)20)15-16-18(10)7-9-6-17-5-3-2-4-11(17)14-9/h2-6H,7-8H2,1H3,(H,19,20). The second kappa shape index (κ2) is 5.33. The normalized spacial score (nSPS) is 11.1. The Morgan fingerprint density at radius 2 is 2.29 bits per heavy atom. The molecular weight excluding hydrogens is 274 g/mol. The first-order chi connectivity index (χ1) is 10.2. The number of hydrogen-bond donors (Lipinski definition) is 1. The smallest absolute Gasteiger partial charge is 0.358 e. The first-order valence-corrected chi connectivity index (χ1v) is 6.26. The summed E-state index contributed by atoms with van der Waals surface area (Å²) in [7, 11) is 1.49. The van der Waals surface area contributed by atoms with E-state index in [9.17, 15) is 4.79 Å². The minimum absolute atomic E-state index is 0.0967. The number of imidazole rings is 1. The van der Waals surface area contributed by atoms with Crippen molar-refractivity contribution in [1.82, 2.24) is 24.4 Å². The summed E-state index contributed by atoms with van der Waals surface area (Å²) in [6.07, 6.45) is 3.76. The molecule has 0 fully saturated rings. The van der Waals surface area contributed by atoms with Crippen molar-refractivity contribution < 1.29 is 14.6 Å². The lowest BCUT2D eigenvalue weighted by molar-refractivity contribution is 0.0684. The van der Waals surface area contributed by atoms with Gasteiger partial charge in [-0.2, -0.15) is 0 Å². The Kier molecular flexibility index (Phi) is 3.36. The molecule has 3 heterocycles. The van der Waals surface area contributed by atoms with Crippen LogP contribution in [-0.2, 0) is 17.9 Å². The topological polar surface area (TPSA) is 94.5 Å². The van der Waals surface area contributed by atoms with Crippen LogP contribution in [0.15, 0.2) is 30.6 Å². The number of carboxylic acids is 1. The maximum absolute atomic E-state index is 11.1. The summed E-state index contributed by atoms with van der Waals surface area (Å²) in [5.74, 6) is -1.12. The molecule has 0 saturated carbocycles. The predicted octanol–water partition coefficient (Wildman–Crippen LogP) is 0.819. The highest BCUT2D eigenvalue weighted by atomic mass is 16.5. The van der Waals surface area contributed by atoms with Crippen LogP contribution in [0, 0.1) is 0 Å². The Morgan fingerprint density at radius 3 is 3.00 bits per heavy atom. The van der Waals surface area contributed by atoms with Crippen LogP contribution in [0.1, 0.15) is 21.9 Å². The minimum Gasteiger partial charge on any atom is -0.476 e. The lowest BCUT2D eigenvalue weighted by Gasteiger charge is -2.04. The van der Waals surface area contributed by atoms with Crippen LogP contribution in [0.25, 0.3) is 5.65 Å². The first-order valence-electron chi connectivity index (χ1n) is 6.26. The molecule has 0 saturated heterocycles. The number of hydrogen-bond acceptors (Lipinski definition) is 5. The summed E-state index contributed by atoms with van der Waals surface area (Å²) in [4.78, 5) is 15.6. The number of methoxy groups -OCH3 is 1. The molecule has 3 aromatic heterocycles. The van der Waals surface area contributed by atoms with Crippen molar-refractivity contribution in [3.8, 4) is 0 Å². The average molecular weight is 287 g/mol. The molecule has 0 bridgehead atoms. The lowest BCUT2D eigenvalue weighted by atomic mass is 10.3. The molecule has 0 atom stereocenters. The maximum Gasteiger partial charge on any atom is 0.358 e. The van der Waals surface area contributed by atoms with E-state index in [4.69, 9.17) is 9.84 Å². The van der Waals surface area contributed by atoms with Gasteiger partial charge in [-0.25, -0.2) is 14.5 Å². The quantitative estimate of drug-likeness (QED) is 0.746. The Morgan fingerprint density at radius 1 is 1.43 bits per heavy atom. The van der Waals surface area contributed by atoms with Crippen LogP contribution in [0.4, 0.5) is 0 Å². The van der Waals surface area contributed by atoms with Gasteiger partial charge >= 0.3 is 5.97 Å². The Labute approximate surface area is 119 Å². The molecule has 0 unspecified atom stereocenters. The van der Waals surface area contributed by atoms with Crippen molar-refractivity contribution in [3.05, 3.63) is 47.7 Å². The highest BCUT2D eigenvalue weighted by Gasteiger charge is 2.19. The lowest BCUT2D eigenvalue weighted by Crippen LogP contribution is -2.10. The van der Waals surface area contributed by atoms with Crippen molar-refractivity contribution in [3.63, 3.8) is 0 Å². The summed E-state index contributed by atoms with van der Waals surface area (Å²) in [5.41, 5.74) is 1.91. The highest BCUT2D eigenvalue weighted by Crippen LogP contribution is 2.11. The molecule has 8 nitrogen and oxygen atoms in total. The molecule has 3 rings (SSSR count). The molecule has 8 heteroatoms. The van der Waals surface area contributed by atoms with Crippen LogP contribution in [-0.4, -0.2) is 42.6 Å². The number of rotatable bonds is 5. The summed E-state index contributed by atoms with van der Waals surface area (Å²) < 4.78 is 8.41. The van der Waals surface area contributed by atoms with Gasteiger partial charge in [0.2, 0.25) is 0 Å². The summed E-state index contributed by atoms with van der Waals surface area (Å²) in [6, 6.07) is 5.71. The molecule has 3 aromatic rings. The van der Waals surface area contributed by atoms with E-state index in [1.807, 2.05) is 35.0 Å². The summed E-state index contributed by atoms with van der Waals surface area (Å²) >= 11 is 0. The molecule has 108 valence electrons. The van der Waals surface area contributed by atoms with E-state index in [0.717, 1.165) is 11.3 Å². The first kappa shape index (κ1) is 13.3. The van der Waals surface area contributed by atoms with Gasteiger partial charge in [-0.3, -0.25) is 0 Å². The number of aromatic carboxylic acids is 1.